The molecule has 0 aliphatic heterocycles. The maximum Gasteiger partial charge on any atom is 0.293 e. The average molecular weight is 166 g/mol. The number of hydrogen-bond acceptors (Lipinski definition) is 3. The Hall–Kier alpha value is -1.42. The van der Waals surface area contributed by atoms with Gasteiger partial charge in [0.05, 0.1) is 7.11 Å². The molecule has 1 amide bonds. The fourth-order valence-electron chi connectivity index (χ4n) is 0.814. The van der Waals surface area contributed by atoms with Crippen LogP contribution in [0.4, 0.5) is 0 Å². The average Bonchev–Trinajstić information content (AvgIpc) is 2.05. The van der Waals surface area contributed by atoms with Crippen molar-refractivity contribution in [2.24, 2.45) is 0 Å². The molecule has 0 saturated heterocycles. The van der Waals surface area contributed by atoms with E-state index in [2.05, 4.69) is 15.3 Å². The Kier molecular flexibility index (Phi) is 2.76. The molecule has 1 aromatic heterocycles. The Morgan fingerprint density at radius 2 is 2.33 bits per heavy atom. The first-order valence-corrected chi connectivity index (χ1v) is 3.51. The summed E-state index contributed by atoms with van der Waals surface area (Å²) >= 11 is 0. The summed E-state index contributed by atoms with van der Waals surface area (Å²) in [6.07, 6.45) is 0. The third-order valence-corrected chi connectivity index (χ3v) is 1.32. The second kappa shape index (κ2) is 3.82. The Labute approximate surface area is 70.5 Å². The third kappa shape index (κ3) is 2.03. The molecule has 0 radical (unpaired) electrons. The number of hydroxylamine groups is 1. The van der Waals surface area contributed by atoms with Gasteiger partial charge in [0, 0.05) is 5.69 Å². The van der Waals surface area contributed by atoms with Crippen LogP contribution in [0.1, 0.15) is 16.2 Å². The van der Waals surface area contributed by atoms with E-state index < -0.39 is 0 Å². The second-order valence-corrected chi connectivity index (χ2v) is 2.30. The molecule has 0 saturated carbocycles. The topological polar surface area (TPSA) is 51.2 Å². The van der Waals surface area contributed by atoms with Crippen LogP contribution in [-0.4, -0.2) is 18.0 Å². The lowest BCUT2D eigenvalue weighted by atomic mass is 10.3. The highest BCUT2D eigenvalue weighted by Crippen LogP contribution is 1.97. The summed E-state index contributed by atoms with van der Waals surface area (Å²) in [5, 5.41) is 0. The van der Waals surface area contributed by atoms with Crippen molar-refractivity contribution in [3.05, 3.63) is 29.6 Å². The summed E-state index contributed by atoms with van der Waals surface area (Å²) in [5.41, 5.74) is 3.35. The van der Waals surface area contributed by atoms with Gasteiger partial charge in [-0.05, 0) is 19.1 Å². The lowest BCUT2D eigenvalue weighted by molar-refractivity contribution is 0.0532. The van der Waals surface area contributed by atoms with Crippen LogP contribution in [0, 0.1) is 6.92 Å². The first-order chi connectivity index (χ1) is 5.74. The van der Waals surface area contributed by atoms with Crippen LogP contribution in [0.5, 0.6) is 0 Å². The van der Waals surface area contributed by atoms with E-state index in [1.165, 1.54) is 7.11 Å². The monoisotopic (exact) mass is 166 g/mol. The van der Waals surface area contributed by atoms with Gasteiger partial charge in [0.15, 0.2) is 0 Å². The van der Waals surface area contributed by atoms with Crippen molar-refractivity contribution in [1.82, 2.24) is 10.5 Å². The van der Waals surface area contributed by atoms with Crippen molar-refractivity contribution in [1.29, 1.82) is 0 Å². The number of aryl methyl sites for hydroxylation is 1. The molecule has 1 rings (SSSR count). The van der Waals surface area contributed by atoms with Crippen molar-refractivity contribution in [2.45, 2.75) is 6.92 Å². The summed E-state index contributed by atoms with van der Waals surface area (Å²) in [4.78, 5) is 19.6. The van der Waals surface area contributed by atoms with Gasteiger partial charge < -0.3 is 0 Å². The number of carbonyl (C=O) groups is 1. The lowest BCUT2D eigenvalue weighted by Crippen LogP contribution is -2.22. The van der Waals surface area contributed by atoms with Gasteiger partial charge in [0.1, 0.15) is 5.69 Å². The number of carbonyl (C=O) groups excluding carboxylic acids is 1. The minimum absolute atomic E-state index is 0.332. The number of pyridine rings is 1. The first kappa shape index (κ1) is 8.67. The molecule has 0 spiro atoms. The first-order valence-electron chi connectivity index (χ1n) is 3.51. The van der Waals surface area contributed by atoms with Crippen molar-refractivity contribution in [2.75, 3.05) is 7.11 Å². The Morgan fingerprint density at radius 1 is 1.58 bits per heavy atom. The van der Waals surface area contributed by atoms with E-state index in [4.69, 9.17) is 0 Å². The molecule has 64 valence electrons. The largest absolute Gasteiger partial charge is 0.293 e. The molecule has 0 fully saturated rings. The third-order valence-electron chi connectivity index (χ3n) is 1.32. The van der Waals surface area contributed by atoms with E-state index in [1.807, 2.05) is 13.0 Å². The van der Waals surface area contributed by atoms with E-state index in [0.717, 1.165) is 5.69 Å². The van der Waals surface area contributed by atoms with E-state index in [9.17, 15) is 4.79 Å². The summed E-state index contributed by atoms with van der Waals surface area (Å²) in [5.74, 6) is -0.332. The van der Waals surface area contributed by atoms with Crippen LogP contribution in [-0.2, 0) is 4.84 Å². The predicted molar refractivity (Wildman–Crippen MR) is 43.4 cm³/mol. The zero-order chi connectivity index (χ0) is 8.97. The summed E-state index contributed by atoms with van der Waals surface area (Å²) in [7, 11) is 1.38. The van der Waals surface area contributed by atoms with E-state index in [-0.39, 0.29) is 5.91 Å². The van der Waals surface area contributed by atoms with Crippen LogP contribution in [0.25, 0.3) is 0 Å². The van der Waals surface area contributed by atoms with E-state index in [1.54, 1.807) is 12.1 Å². The molecule has 1 heterocycles. The maximum atomic E-state index is 11.1. The summed E-state index contributed by atoms with van der Waals surface area (Å²) < 4.78 is 0. The summed E-state index contributed by atoms with van der Waals surface area (Å²) in [6, 6.07) is 5.22. The molecule has 0 aromatic carbocycles. The highest BCUT2D eigenvalue weighted by molar-refractivity contribution is 5.91. The van der Waals surface area contributed by atoms with Crippen molar-refractivity contribution in [3.8, 4) is 0 Å². The molecular formula is C8H10N2O2. The minimum Gasteiger partial charge on any atom is -0.277 e. The van der Waals surface area contributed by atoms with Gasteiger partial charge in [-0.3, -0.25) is 9.63 Å². The molecule has 4 nitrogen and oxygen atoms in total. The van der Waals surface area contributed by atoms with Gasteiger partial charge in [-0.15, -0.1) is 0 Å². The SMILES string of the molecule is CONC(=O)c1cccc(C)n1. The number of aromatic nitrogens is 1. The van der Waals surface area contributed by atoms with Crippen molar-refractivity contribution in [3.63, 3.8) is 0 Å². The lowest BCUT2D eigenvalue weighted by Gasteiger charge is -2.00. The molecule has 1 N–H and O–H groups in total. The van der Waals surface area contributed by atoms with Gasteiger partial charge in [-0.1, -0.05) is 6.07 Å². The fourth-order valence-corrected chi connectivity index (χ4v) is 0.814. The quantitative estimate of drug-likeness (QED) is 0.657. The maximum absolute atomic E-state index is 11.1. The minimum atomic E-state index is -0.332. The zero-order valence-electron chi connectivity index (χ0n) is 7.00. The molecular weight excluding hydrogens is 156 g/mol. The number of hydrogen-bond donors (Lipinski definition) is 1. The molecule has 4 heteroatoms. The van der Waals surface area contributed by atoms with Crippen LogP contribution >= 0.6 is 0 Å². The van der Waals surface area contributed by atoms with Gasteiger partial charge >= 0.3 is 0 Å². The van der Waals surface area contributed by atoms with Gasteiger partial charge in [-0.25, -0.2) is 10.5 Å². The van der Waals surface area contributed by atoms with Crippen molar-refractivity contribution < 1.29 is 9.63 Å². The van der Waals surface area contributed by atoms with E-state index in [0.29, 0.717) is 5.69 Å². The van der Waals surface area contributed by atoms with Gasteiger partial charge in [0.25, 0.3) is 5.91 Å². The smallest absolute Gasteiger partial charge is 0.277 e. The standard InChI is InChI=1S/C8H10N2O2/c1-6-4-3-5-7(9-6)8(11)10-12-2/h3-5H,1-2H3,(H,10,11). The molecule has 1 aromatic rings. The molecule has 0 unspecified atom stereocenters. The Bertz CT molecular complexity index is 286. The fraction of sp³-hybridized carbons (Fsp3) is 0.250. The highest BCUT2D eigenvalue weighted by Gasteiger charge is 2.04. The van der Waals surface area contributed by atoms with E-state index >= 15 is 0 Å². The Morgan fingerprint density at radius 3 is 2.92 bits per heavy atom. The Balaban J connectivity index is 2.81. The second-order valence-electron chi connectivity index (χ2n) is 2.30. The number of nitrogens with one attached hydrogen (secondary N) is 1. The van der Waals surface area contributed by atoms with Crippen molar-refractivity contribution >= 4 is 5.91 Å². The number of rotatable bonds is 2. The highest BCUT2D eigenvalue weighted by atomic mass is 16.6. The molecule has 0 bridgehead atoms. The van der Waals surface area contributed by atoms with Gasteiger partial charge in [0.2, 0.25) is 0 Å². The molecule has 0 aliphatic carbocycles. The number of nitrogens with zero attached hydrogens (tertiary/aromatic N) is 1. The van der Waals surface area contributed by atoms with Crippen LogP contribution < -0.4 is 5.48 Å². The number of amides is 1. The van der Waals surface area contributed by atoms with Gasteiger partial charge in [-0.2, -0.15) is 0 Å². The normalized spacial score (nSPS) is 9.50. The molecule has 0 aliphatic rings. The predicted octanol–water partition coefficient (Wildman–Crippen LogP) is 0.681. The van der Waals surface area contributed by atoms with Crippen LogP contribution in [0.2, 0.25) is 0 Å². The molecule has 12 heavy (non-hydrogen) atoms. The molecule has 0 atom stereocenters. The summed E-state index contributed by atoms with van der Waals surface area (Å²) in [6.45, 7) is 1.82. The van der Waals surface area contributed by atoms with Crippen LogP contribution in [0.15, 0.2) is 18.2 Å². The van der Waals surface area contributed by atoms with Crippen LogP contribution in [0.3, 0.4) is 0 Å². The zero-order valence-corrected chi connectivity index (χ0v) is 7.00.